The van der Waals surface area contributed by atoms with E-state index in [-0.39, 0.29) is 30.3 Å². The fraction of sp³-hybridized carbons (Fsp3) is 0.500. The monoisotopic (exact) mass is 304 g/mol. The Labute approximate surface area is 126 Å². The average molecular weight is 305 g/mol. The average Bonchev–Trinajstić information content (AvgIpc) is 2.37. The quantitative estimate of drug-likeness (QED) is 0.877. The molecule has 0 saturated heterocycles. The fourth-order valence-corrected chi connectivity index (χ4v) is 1.78. The number of nitrogens with one attached hydrogen (secondary N) is 1. The van der Waals surface area contributed by atoms with Gasteiger partial charge in [0.15, 0.2) is 0 Å². The molecule has 3 nitrogen and oxygen atoms in total. The van der Waals surface area contributed by atoms with Crippen molar-refractivity contribution in [3.05, 3.63) is 34.9 Å². The summed E-state index contributed by atoms with van der Waals surface area (Å²) in [7, 11) is 0. The van der Waals surface area contributed by atoms with Gasteiger partial charge >= 0.3 is 0 Å². The topological polar surface area (TPSA) is 55.1 Å². The largest absolute Gasteiger partial charge is 0.348 e. The van der Waals surface area contributed by atoms with Crippen LogP contribution in [0.1, 0.15) is 38.8 Å². The molecule has 1 aromatic rings. The second-order valence-corrected chi connectivity index (χ2v) is 5.13. The number of halogens is 2. The fourth-order valence-electron chi connectivity index (χ4n) is 1.66. The van der Waals surface area contributed by atoms with Gasteiger partial charge in [-0.25, -0.2) is 0 Å². The highest BCUT2D eigenvalue weighted by molar-refractivity contribution is 6.30. The van der Waals surface area contributed by atoms with Gasteiger partial charge in [0.05, 0.1) is 12.1 Å². The summed E-state index contributed by atoms with van der Waals surface area (Å²) in [5.74, 6) is 0.0780. The van der Waals surface area contributed by atoms with E-state index in [9.17, 15) is 4.79 Å². The summed E-state index contributed by atoms with van der Waals surface area (Å²) in [6, 6.07) is 6.92. The molecule has 0 heterocycles. The molecule has 3 atom stereocenters. The molecule has 108 valence electrons. The Morgan fingerprint density at radius 2 is 1.84 bits per heavy atom. The van der Waals surface area contributed by atoms with E-state index in [1.807, 2.05) is 45.0 Å². The van der Waals surface area contributed by atoms with Crippen LogP contribution in [0.15, 0.2) is 24.3 Å². The first-order valence-electron chi connectivity index (χ1n) is 6.27. The molecule has 1 amide bonds. The molecule has 1 aromatic carbocycles. The number of amides is 1. The van der Waals surface area contributed by atoms with Crippen LogP contribution >= 0.6 is 24.0 Å². The van der Waals surface area contributed by atoms with Crippen molar-refractivity contribution in [2.24, 2.45) is 11.7 Å². The first-order valence-corrected chi connectivity index (χ1v) is 6.65. The lowest BCUT2D eigenvalue weighted by Crippen LogP contribution is -2.45. The highest BCUT2D eigenvalue weighted by Gasteiger charge is 2.21. The van der Waals surface area contributed by atoms with Gasteiger partial charge in [0.2, 0.25) is 5.91 Å². The Hall–Kier alpha value is -0.770. The first-order chi connectivity index (χ1) is 8.45. The minimum Gasteiger partial charge on any atom is -0.348 e. The molecule has 0 bridgehead atoms. The second kappa shape index (κ2) is 8.41. The summed E-state index contributed by atoms with van der Waals surface area (Å²) in [5, 5.41) is 3.61. The zero-order valence-corrected chi connectivity index (χ0v) is 13.1. The number of benzene rings is 1. The molecule has 0 aliphatic carbocycles. The van der Waals surface area contributed by atoms with Crippen molar-refractivity contribution in [3.63, 3.8) is 0 Å². The summed E-state index contributed by atoms with van der Waals surface area (Å²) in [4.78, 5) is 11.9. The highest BCUT2D eigenvalue weighted by Crippen LogP contribution is 2.16. The Morgan fingerprint density at radius 3 is 2.32 bits per heavy atom. The number of nitrogens with two attached hydrogens (primary N) is 1. The number of hydrogen-bond acceptors (Lipinski definition) is 2. The van der Waals surface area contributed by atoms with Gasteiger partial charge in [0, 0.05) is 5.02 Å². The third-order valence-corrected chi connectivity index (χ3v) is 3.54. The van der Waals surface area contributed by atoms with E-state index < -0.39 is 6.04 Å². The van der Waals surface area contributed by atoms with Crippen molar-refractivity contribution in [1.82, 2.24) is 5.32 Å². The van der Waals surface area contributed by atoms with E-state index in [0.29, 0.717) is 5.02 Å². The lowest BCUT2D eigenvalue weighted by Gasteiger charge is -2.21. The third-order valence-electron chi connectivity index (χ3n) is 3.29. The lowest BCUT2D eigenvalue weighted by atomic mass is 9.98. The summed E-state index contributed by atoms with van der Waals surface area (Å²) < 4.78 is 0. The smallest absolute Gasteiger partial charge is 0.237 e. The van der Waals surface area contributed by atoms with E-state index in [4.69, 9.17) is 17.3 Å². The van der Waals surface area contributed by atoms with Gasteiger partial charge < -0.3 is 11.1 Å². The van der Waals surface area contributed by atoms with Crippen molar-refractivity contribution in [2.75, 3.05) is 0 Å². The minimum absolute atomic E-state index is 0. The standard InChI is InChI=1S/C14H21ClN2O.ClH/c1-4-9(2)13(16)14(18)17-10(3)11-5-7-12(15)8-6-11;/h5-10,13H,4,16H2,1-3H3,(H,17,18);1H. The van der Waals surface area contributed by atoms with Crippen LogP contribution in [-0.2, 0) is 4.79 Å². The van der Waals surface area contributed by atoms with Crippen LogP contribution in [0.2, 0.25) is 5.02 Å². The van der Waals surface area contributed by atoms with Crippen LogP contribution in [-0.4, -0.2) is 11.9 Å². The van der Waals surface area contributed by atoms with Gasteiger partial charge in [-0.1, -0.05) is 44.0 Å². The molecule has 0 aliphatic rings. The van der Waals surface area contributed by atoms with Crippen LogP contribution < -0.4 is 11.1 Å². The van der Waals surface area contributed by atoms with Crippen LogP contribution in [0.3, 0.4) is 0 Å². The molecule has 3 unspecified atom stereocenters. The van der Waals surface area contributed by atoms with Crippen LogP contribution in [0.4, 0.5) is 0 Å². The Balaban J connectivity index is 0.00000324. The first kappa shape index (κ1) is 18.2. The number of hydrogen-bond donors (Lipinski definition) is 2. The van der Waals surface area contributed by atoms with E-state index in [1.54, 1.807) is 0 Å². The molecule has 1 rings (SSSR count). The van der Waals surface area contributed by atoms with Crippen LogP contribution in [0.5, 0.6) is 0 Å². The van der Waals surface area contributed by atoms with Crippen molar-refractivity contribution >= 4 is 29.9 Å². The Morgan fingerprint density at radius 1 is 1.32 bits per heavy atom. The third kappa shape index (κ3) is 5.39. The normalized spacial score (nSPS) is 15.0. The lowest BCUT2D eigenvalue weighted by molar-refractivity contribution is -0.124. The van der Waals surface area contributed by atoms with E-state index in [0.717, 1.165) is 12.0 Å². The van der Waals surface area contributed by atoms with Crippen molar-refractivity contribution in [3.8, 4) is 0 Å². The van der Waals surface area contributed by atoms with E-state index in [1.165, 1.54) is 0 Å². The zero-order valence-electron chi connectivity index (χ0n) is 11.5. The molecule has 0 aromatic heterocycles. The molecule has 0 aliphatic heterocycles. The molecule has 0 saturated carbocycles. The van der Waals surface area contributed by atoms with Gasteiger partial charge in [-0.2, -0.15) is 0 Å². The number of carbonyl (C=O) groups is 1. The molecular weight excluding hydrogens is 283 g/mol. The maximum Gasteiger partial charge on any atom is 0.237 e. The summed E-state index contributed by atoms with van der Waals surface area (Å²) in [6.07, 6.45) is 0.893. The Kier molecular flexibility index (Phi) is 8.07. The second-order valence-electron chi connectivity index (χ2n) is 4.69. The van der Waals surface area contributed by atoms with Gasteiger partial charge in [0.25, 0.3) is 0 Å². The van der Waals surface area contributed by atoms with Crippen molar-refractivity contribution < 1.29 is 4.79 Å². The van der Waals surface area contributed by atoms with Crippen molar-refractivity contribution in [1.29, 1.82) is 0 Å². The summed E-state index contributed by atoms with van der Waals surface area (Å²) >= 11 is 5.83. The van der Waals surface area contributed by atoms with Gasteiger partial charge in [-0.15, -0.1) is 12.4 Å². The van der Waals surface area contributed by atoms with Crippen LogP contribution in [0, 0.1) is 5.92 Å². The molecule has 0 fully saturated rings. The van der Waals surface area contributed by atoms with Gasteiger partial charge in [-0.3, -0.25) is 4.79 Å². The van der Waals surface area contributed by atoms with Crippen molar-refractivity contribution in [2.45, 2.75) is 39.3 Å². The molecule has 3 N–H and O–H groups in total. The summed E-state index contributed by atoms with van der Waals surface area (Å²) in [6.45, 7) is 5.95. The molecule has 0 spiro atoms. The SMILES string of the molecule is CCC(C)C(N)C(=O)NC(C)c1ccc(Cl)cc1.Cl. The molecule has 5 heteroatoms. The molecule has 19 heavy (non-hydrogen) atoms. The predicted octanol–water partition coefficient (Wildman–Crippen LogP) is 3.31. The van der Waals surface area contributed by atoms with Gasteiger partial charge in [0.1, 0.15) is 0 Å². The molecule has 0 radical (unpaired) electrons. The summed E-state index contributed by atoms with van der Waals surface area (Å²) in [5.41, 5.74) is 6.91. The Bertz CT molecular complexity index is 395. The van der Waals surface area contributed by atoms with Gasteiger partial charge in [-0.05, 0) is 30.5 Å². The number of carbonyl (C=O) groups excluding carboxylic acids is 1. The van der Waals surface area contributed by atoms with E-state index >= 15 is 0 Å². The molecular formula is C14H22Cl2N2O. The van der Waals surface area contributed by atoms with E-state index in [2.05, 4.69) is 5.32 Å². The highest BCUT2D eigenvalue weighted by atomic mass is 35.5. The maximum atomic E-state index is 11.9. The van der Waals surface area contributed by atoms with Crippen LogP contribution in [0.25, 0.3) is 0 Å². The maximum absolute atomic E-state index is 11.9. The number of rotatable bonds is 5. The zero-order chi connectivity index (χ0) is 13.7. The minimum atomic E-state index is -0.454. The predicted molar refractivity (Wildman–Crippen MR) is 82.7 cm³/mol.